The molecular formula is C19H20N4O2. The molecule has 0 saturated heterocycles. The summed E-state index contributed by atoms with van der Waals surface area (Å²) in [5, 5.41) is 8.36. The predicted octanol–water partition coefficient (Wildman–Crippen LogP) is 3.37. The molecule has 1 aromatic carbocycles. The Morgan fingerprint density at radius 2 is 1.96 bits per heavy atom. The van der Waals surface area contributed by atoms with Crippen LogP contribution in [0.15, 0.2) is 40.8 Å². The van der Waals surface area contributed by atoms with Crippen LogP contribution in [-0.2, 0) is 6.54 Å². The van der Waals surface area contributed by atoms with Crippen molar-refractivity contribution in [3.8, 4) is 11.3 Å². The van der Waals surface area contributed by atoms with Gasteiger partial charge >= 0.3 is 0 Å². The molecule has 0 spiro atoms. The van der Waals surface area contributed by atoms with Crippen molar-refractivity contribution in [2.45, 2.75) is 33.4 Å². The maximum absolute atomic E-state index is 13.2. The molecule has 1 atom stereocenters. The maximum Gasteiger partial charge on any atom is 0.258 e. The normalized spacial score (nSPS) is 16.8. The van der Waals surface area contributed by atoms with Crippen molar-refractivity contribution in [3.05, 3.63) is 59.4 Å². The second-order valence-electron chi connectivity index (χ2n) is 6.53. The van der Waals surface area contributed by atoms with Crippen molar-refractivity contribution in [2.75, 3.05) is 6.54 Å². The van der Waals surface area contributed by atoms with Crippen LogP contribution in [0.5, 0.6) is 0 Å². The number of carbonyl (C=O) groups is 1. The molecule has 6 heteroatoms. The topological polar surface area (TPSA) is 64.2 Å². The van der Waals surface area contributed by atoms with E-state index >= 15 is 0 Å². The number of aromatic nitrogens is 3. The molecule has 0 saturated carbocycles. The quantitative estimate of drug-likeness (QED) is 0.720. The van der Waals surface area contributed by atoms with Crippen LogP contribution in [0.25, 0.3) is 11.3 Å². The highest BCUT2D eigenvalue weighted by Crippen LogP contribution is 2.30. The number of aryl methyl sites for hydroxylation is 2. The van der Waals surface area contributed by atoms with Crippen LogP contribution < -0.4 is 0 Å². The lowest BCUT2D eigenvalue weighted by Gasteiger charge is -2.32. The van der Waals surface area contributed by atoms with Crippen molar-refractivity contribution in [1.82, 2.24) is 19.7 Å². The summed E-state index contributed by atoms with van der Waals surface area (Å²) >= 11 is 0. The number of furan rings is 1. The lowest BCUT2D eigenvalue weighted by atomic mass is 10.1. The van der Waals surface area contributed by atoms with Crippen molar-refractivity contribution in [3.63, 3.8) is 0 Å². The van der Waals surface area contributed by atoms with Crippen molar-refractivity contribution in [1.29, 1.82) is 0 Å². The predicted molar refractivity (Wildman–Crippen MR) is 93.1 cm³/mol. The summed E-state index contributed by atoms with van der Waals surface area (Å²) in [6, 6.07) is 11.7. The monoisotopic (exact) mass is 336 g/mol. The van der Waals surface area contributed by atoms with Crippen LogP contribution in [0, 0.1) is 13.8 Å². The fourth-order valence-electron chi connectivity index (χ4n) is 3.53. The second-order valence-corrected chi connectivity index (χ2v) is 6.53. The Morgan fingerprint density at radius 1 is 1.20 bits per heavy atom. The standard InChI is InChI=1S/C19H20N4O2/c1-12-10-22(11-17-21-20-14(3)23(12)17)19(24)16-9-13(2)25-18(16)15-7-5-4-6-8-15/h4-9,12H,10-11H2,1-3H3. The van der Waals surface area contributed by atoms with Gasteiger partial charge in [-0.2, -0.15) is 0 Å². The summed E-state index contributed by atoms with van der Waals surface area (Å²) in [4.78, 5) is 15.0. The molecule has 1 unspecified atom stereocenters. The zero-order valence-electron chi connectivity index (χ0n) is 14.6. The van der Waals surface area contributed by atoms with E-state index in [9.17, 15) is 4.79 Å². The lowest BCUT2D eigenvalue weighted by Crippen LogP contribution is -2.40. The Balaban J connectivity index is 1.69. The third-order valence-corrected chi connectivity index (χ3v) is 4.60. The minimum absolute atomic E-state index is 0.0329. The fourth-order valence-corrected chi connectivity index (χ4v) is 3.53. The number of hydrogen-bond donors (Lipinski definition) is 0. The molecule has 6 nitrogen and oxygen atoms in total. The number of rotatable bonds is 2. The van der Waals surface area contributed by atoms with Gasteiger partial charge in [0.05, 0.1) is 18.2 Å². The van der Waals surface area contributed by atoms with Crippen LogP contribution >= 0.6 is 0 Å². The highest BCUT2D eigenvalue weighted by Gasteiger charge is 2.31. The molecule has 25 heavy (non-hydrogen) atoms. The smallest absolute Gasteiger partial charge is 0.258 e. The molecule has 3 heterocycles. The Kier molecular flexibility index (Phi) is 3.67. The Bertz CT molecular complexity index is 926. The molecule has 0 fully saturated rings. The summed E-state index contributed by atoms with van der Waals surface area (Å²) < 4.78 is 7.93. The lowest BCUT2D eigenvalue weighted by molar-refractivity contribution is 0.0680. The minimum Gasteiger partial charge on any atom is -0.461 e. The molecule has 1 aliphatic rings. The van der Waals surface area contributed by atoms with Crippen LogP contribution in [0.4, 0.5) is 0 Å². The minimum atomic E-state index is -0.0329. The van der Waals surface area contributed by atoms with Gasteiger partial charge in [0.1, 0.15) is 17.3 Å². The summed E-state index contributed by atoms with van der Waals surface area (Å²) in [5.41, 5.74) is 1.50. The van der Waals surface area contributed by atoms with Crippen molar-refractivity contribution < 1.29 is 9.21 Å². The van der Waals surface area contributed by atoms with Gasteiger partial charge in [0.15, 0.2) is 5.82 Å². The highest BCUT2D eigenvalue weighted by atomic mass is 16.3. The average Bonchev–Trinajstić information content (AvgIpc) is 3.18. The summed E-state index contributed by atoms with van der Waals surface area (Å²) in [7, 11) is 0. The van der Waals surface area contributed by atoms with Gasteiger partial charge in [-0.15, -0.1) is 10.2 Å². The average molecular weight is 336 g/mol. The zero-order valence-corrected chi connectivity index (χ0v) is 14.6. The molecule has 1 amide bonds. The number of amides is 1. The van der Waals surface area contributed by atoms with Crippen LogP contribution in [0.3, 0.4) is 0 Å². The van der Waals surface area contributed by atoms with E-state index in [0.29, 0.717) is 24.4 Å². The van der Waals surface area contributed by atoms with Gasteiger partial charge in [-0.05, 0) is 26.8 Å². The number of fused-ring (bicyclic) bond motifs is 1. The van der Waals surface area contributed by atoms with E-state index in [0.717, 1.165) is 23.0 Å². The Morgan fingerprint density at radius 3 is 2.72 bits per heavy atom. The van der Waals surface area contributed by atoms with E-state index in [1.165, 1.54) is 0 Å². The van der Waals surface area contributed by atoms with E-state index < -0.39 is 0 Å². The van der Waals surface area contributed by atoms with Gasteiger partial charge in [0.2, 0.25) is 0 Å². The summed E-state index contributed by atoms with van der Waals surface area (Å²) in [5.74, 6) is 3.03. The molecule has 1 aliphatic heterocycles. The largest absolute Gasteiger partial charge is 0.461 e. The molecule has 0 aliphatic carbocycles. The molecule has 0 N–H and O–H groups in total. The van der Waals surface area contributed by atoms with E-state index in [4.69, 9.17) is 4.42 Å². The molecule has 4 rings (SSSR count). The third-order valence-electron chi connectivity index (χ3n) is 4.60. The van der Waals surface area contributed by atoms with Gasteiger partial charge in [0.25, 0.3) is 5.91 Å². The van der Waals surface area contributed by atoms with Crippen LogP contribution in [-0.4, -0.2) is 32.1 Å². The van der Waals surface area contributed by atoms with Crippen molar-refractivity contribution in [2.24, 2.45) is 0 Å². The van der Waals surface area contributed by atoms with Gasteiger partial charge < -0.3 is 13.9 Å². The van der Waals surface area contributed by atoms with Crippen molar-refractivity contribution >= 4 is 5.91 Å². The van der Waals surface area contributed by atoms with Crippen LogP contribution in [0.1, 0.15) is 40.7 Å². The first kappa shape index (κ1) is 15.6. The van der Waals surface area contributed by atoms with E-state index in [-0.39, 0.29) is 11.9 Å². The number of carbonyl (C=O) groups excluding carboxylic acids is 1. The van der Waals surface area contributed by atoms with E-state index in [1.54, 1.807) is 0 Å². The van der Waals surface area contributed by atoms with Crippen LogP contribution in [0.2, 0.25) is 0 Å². The number of benzene rings is 1. The molecule has 0 radical (unpaired) electrons. The SMILES string of the molecule is Cc1cc(C(=O)N2Cc3nnc(C)n3C(C)C2)c(-c2ccccc2)o1. The van der Waals surface area contributed by atoms with Gasteiger partial charge in [0, 0.05) is 12.1 Å². The summed E-state index contributed by atoms with van der Waals surface area (Å²) in [6.45, 7) is 6.98. The molecule has 128 valence electrons. The van der Waals surface area contributed by atoms with Gasteiger partial charge in [-0.25, -0.2) is 0 Å². The Hall–Kier alpha value is -2.89. The van der Waals surface area contributed by atoms with Gasteiger partial charge in [-0.1, -0.05) is 30.3 Å². The number of hydrogen-bond acceptors (Lipinski definition) is 4. The second kappa shape index (κ2) is 5.88. The zero-order chi connectivity index (χ0) is 17.6. The summed E-state index contributed by atoms with van der Waals surface area (Å²) in [6.07, 6.45) is 0. The first-order valence-corrected chi connectivity index (χ1v) is 8.40. The first-order chi connectivity index (χ1) is 12.0. The third kappa shape index (κ3) is 2.63. The molecule has 3 aromatic rings. The number of nitrogens with zero attached hydrogens (tertiary/aromatic N) is 4. The fraction of sp³-hybridized carbons (Fsp3) is 0.316. The van der Waals surface area contributed by atoms with Gasteiger partial charge in [-0.3, -0.25) is 4.79 Å². The highest BCUT2D eigenvalue weighted by molar-refractivity contribution is 5.99. The molecular weight excluding hydrogens is 316 g/mol. The Labute approximate surface area is 146 Å². The first-order valence-electron chi connectivity index (χ1n) is 8.40. The molecule has 0 bridgehead atoms. The van der Waals surface area contributed by atoms with E-state index in [1.807, 2.05) is 55.1 Å². The molecule has 2 aromatic heterocycles. The van der Waals surface area contributed by atoms with E-state index in [2.05, 4.69) is 21.7 Å². The maximum atomic E-state index is 13.2.